The molecule has 0 aromatic carbocycles. The summed E-state index contributed by atoms with van der Waals surface area (Å²) in [5.41, 5.74) is 0. The molecule has 4 nitrogen and oxygen atoms in total. The number of nitrogens with one attached hydrogen (secondary N) is 1. The van der Waals surface area contributed by atoms with Crippen LogP contribution in [0.3, 0.4) is 0 Å². The van der Waals surface area contributed by atoms with E-state index in [0.717, 1.165) is 17.1 Å². The first kappa shape index (κ1) is 13.3. The van der Waals surface area contributed by atoms with Crippen LogP contribution < -0.4 is 4.72 Å². The van der Waals surface area contributed by atoms with Crippen LogP contribution in [0.4, 0.5) is 0 Å². The van der Waals surface area contributed by atoms with Crippen molar-refractivity contribution < 1.29 is 12.8 Å². The summed E-state index contributed by atoms with van der Waals surface area (Å²) in [6.07, 6.45) is 2.99. The fraction of sp³-hybridized carbons (Fsp3) is 0.333. The number of rotatable bonds is 6. The fourth-order valence-electron chi connectivity index (χ4n) is 1.53. The molecule has 0 spiro atoms. The van der Waals surface area contributed by atoms with Gasteiger partial charge in [0.05, 0.1) is 6.26 Å². The molecule has 2 aromatic rings. The summed E-state index contributed by atoms with van der Waals surface area (Å²) in [6.45, 7) is 2.35. The highest BCUT2D eigenvalue weighted by Gasteiger charge is 2.15. The van der Waals surface area contributed by atoms with Crippen molar-refractivity contribution in [3.05, 3.63) is 41.2 Å². The van der Waals surface area contributed by atoms with Crippen molar-refractivity contribution in [2.75, 3.05) is 6.54 Å². The van der Waals surface area contributed by atoms with E-state index in [9.17, 15) is 8.42 Å². The Kier molecular flexibility index (Phi) is 4.21. The van der Waals surface area contributed by atoms with E-state index in [2.05, 4.69) is 4.72 Å². The van der Waals surface area contributed by atoms with Gasteiger partial charge in [-0.25, -0.2) is 13.1 Å². The topological polar surface area (TPSA) is 59.3 Å². The molecule has 0 saturated heterocycles. The number of aryl methyl sites for hydroxylation is 1. The standard InChI is InChI=1S/C12H15NO3S2/c1-2-11-5-6-12(17-11)18(14,15)13-8-7-10-4-3-9-16-10/h3-6,9,13H,2,7-8H2,1H3. The van der Waals surface area contributed by atoms with Crippen LogP contribution >= 0.6 is 11.3 Å². The predicted molar refractivity (Wildman–Crippen MR) is 71.3 cm³/mol. The van der Waals surface area contributed by atoms with Crippen LogP contribution in [0, 0.1) is 0 Å². The van der Waals surface area contributed by atoms with Gasteiger partial charge in [0.1, 0.15) is 9.97 Å². The Hall–Kier alpha value is -1.11. The van der Waals surface area contributed by atoms with Crippen LogP contribution in [0.1, 0.15) is 17.6 Å². The van der Waals surface area contributed by atoms with Gasteiger partial charge in [0.15, 0.2) is 0 Å². The van der Waals surface area contributed by atoms with Gasteiger partial charge in [-0.2, -0.15) is 0 Å². The maximum atomic E-state index is 12.0. The van der Waals surface area contributed by atoms with Gasteiger partial charge in [0.2, 0.25) is 10.0 Å². The molecule has 2 heterocycles. The average molecular weight is 285 g/mol. The zero-order valence-electron chi connectivity index (χ0n) is 10.0. The highest BCUT2D eigenvalue weighted by atomic mass is 32.2. The highest BCUT2D eigenvalue weighted by Crippen LogP contribution is 2.21. The Morgan fingerprint density at radius 3 is 2.78 bits per heavy atom. The van der Waals surface area contributed by atoms with Gasteiger partial charge >= 0.3 is 0 Å². The minimum absolute atomic E-state index is 0.342. The van der Waals surface area contributed by atoms with Crippen LogP contribution in [0.15, 0.2) is 39.2 Å². The van der Waals surface area contributed by atoms with Crippen LogP contribution in [-0.4, -0.2) is 15.0 Å². The molecule has 0 atom stereocenters. The maximum absolute atomic E-state index is 12.0. The lowest BCUT2D eigenvalue weighted by Crippen LogP contribution is -2.25. The summed E-state index contributed by atoms with van der Waals surface area (Å²) in [4.78, 5) is 1.07. The molecule has 2 rings (SSSR count). The van der Waals surface area contributed by atoms with E-state index < -0.39 is 10.0 Å². The maximum Gasteiger partial charge on any atom is 0.250 e. The fourth-order valence-corrected chi connectivity index (χ4v) is 3.90. The van der Waals surface area contributed by atoms with E-state index in [4.69, 9.17) is 4.42 Å². The molecule has 0 amide bonds. The van der Waals surface area contributed by atoms with Gasteiger partial charge in [-0.05, 0) is 30.7 Å². The molecule has 0 bridgehead atoms. The molecule has 0 aliphatic rings. The molecule has 0 aliphatic heterocycles. The number of hydrogen-bond donors (Lipinski definition) is 1. The van der Waals surface area contributed by atoms with Crippen molar-refractivity contribution in [3.63, 3.8) is 0 Å². The second-order valence-electron chi connectivity index (χ2n) is 3.80. The molecule has 18 heavy (non-hydrogen) atoms. The number of sulfonamides is 1. The van der Waals surface area contributed by atoms with E-state index in [1.807, 2.05) is 19.1 Å². The van der Waals surface area contributed by atoms with Crippen molar-refractivity contribution >= 4 is 21.4 Å². The molecule has 0 radical (unpaired) electrons. The van der Waals surface area contributed by atoms with Crippen LogP contribution in [0.25, 0.3) is 0 Å². The van der Waals surface area contributed by atoms with Gasteiger partial charge < -0.3 is 4.42 Å². The highest BCUT2D eigenvalue weighted by molar-refractivity contribution is 7.91. The molecule has 2 aromatic heterocycles. The summed E-state index contributed by atoms with van der Waals surface area (Å²) in [6, 6.07) is 7.12. The Balaban J connectivity index is 1.95. The largest absolute Gasteiger partial charge is 0.469 e. The zero-order chi connectivity index (χ0) is 13.0. The number of hydrogen-bond acceptors (Lipinski definition) is 4. The van der Waals surface area contributed by atoms with E-state index in [0.29, 0.717) is 17.2 Å². The molecule has 0 fully saturated rings. The first-order chi connectivity index (χ1) is 8.62. The Labute approximate surface area is 111 Å². The zero-order valence-corrected chi connectivity index (χ0v) is 11.7. The molecule has 0 aliphatic carbocycles. The molecule has 6 heteroatoms. The minimum atomic E-state index is -3.38. The lowest BCUT2D eigenvalue weighted by atomic mass is 10.3. The Morgan fingerprint density at radius 1 is 1.33 bits per heavy atom. The van der Waals surface area contributed by atoms with Crippen molar-refractivity contribution in [2.24, 2.45) is 0 Å². The molecule has 1 N–H and O–H groups in total. The molecular formula is C12H15NO3S2. The molecule has 98 valence electrons. The van der Waals surface area contributed by atoms with Gasteiger partial charge in [0, 0.05) is 17.8 Å². The third-order valence-electron chi connectivity index (χ3n) is 2.49. The SMILES string of the molecule is CCc1ccc(S(=O)(=O)NCCc2ccco2)s1. The predicted octanol–water partition coefficient (Wildman–Crippen LogP) is 2.42. The third-order valence-corrected chi connectivity index (χ3v) is 5.68. The summed E-state index contributed by atoms with van der Waals surface area (Å²) in [5.74, 6) is 0.776. The Morgan fingerprint density at radius 2 is 2.17 bits per heavy atom. The summed E-state index contributed by atoms with van der Waals surface area (Å²) >= 11 is 1.31. The van der Waals surface area contributed by atoms with Crippen molar-refractivity contribution in [2.45, 2.75) is 24.0 Å². The summed E-state index contributed by atoms with van der Waals surface area (Å²) < 4.78 is 32.0. The normalized spacial score (nSPS) is 11.8. The molecule has 0 unspecified atom stereocenters. The second-order valence-corrected chi connectivity index (χ2v) is 6.96. The lowest BCUT2D eigenvalue weighted by Gasteiger charge is -2.03. The quantitative estimate of drug-likeness (QED) is 0.886. The minimum Gasteiger partial charge on any atom is -0.469 e. The van der Waals surface area contributed by atoms with Gasteiger partial charge in [-0.15, -0.1) is 11.3 Å². The van der Waals surface area contributed by atoms with Gasteiger partial charge in [-0.3, -0.25) is 0 Å². The van der Waals surface area contributed by atoms with Crippen molar-refractivity contribution in [1.82, 2.24) is 4.72 Å². The van der Waals surface area contributed by atoms with Crippen LogP contribution in [0.2, 0.25) is 0 Å². The Bertz CT molecular complexity index is 585. The monoisotopic (exact) mass is 285 g/mol. The van der Waals surface area contributed by atoms with Crippen LogP contribution in [0.5, 0.6) is 0 Å². The van der Waals surface area contributed by atoms with Gasteiger partial charge in [0.25, 0.3) is 0 Å². The van der Waals surface area contributed by atoms with Crippen LogP contribution in [-0.2, 0) is 22.9 Å². The first-order valence-corrected chi connectivity index (χ1v) is 8.02. The second kappa shape index (κ2) is 5.69. The number of furan rings is 1. The van der Waals surface area contributed by atoms with E-state index in [1.165, 1.54) is 11.3 Å². The smallest absolute Gasteiger partial charge is 0.250 e. The first-order valence-electron chi connectivity index (χ1n) is 5.72. The molecular weight excluding hydrogens is 270 g/mol. The van der Waals surface area contributed by atoms with Crippen molar-refractivity contribution in [1.29, 1.82) is 0 Å². The lowest BCUT2D eigenvalue weighted by molar-refractivity contribution is 0.506. The third kappa shape index (κ3) is 3.22. The molecule has 0 saturated carbocycles. The van der Waals surface area contributed by atoms with Gasteiger partial charge in [-0.1, -0.05) is 6.92 Å². The summed E-state index contributed by atoms with van der Waals surface area (Å²) in [7, 11) is -3.38. The van der Waals surface area contributed by atoms with E-state index in [1.54, 1.807) is 18.4 Å². The summed E-state index contributed by atoms with van der Waals surface area (Å²) in [5, 5.41) is 0. The number of thiophene rings is 1. The van der Waals surface area contributed by atoms with E-state index in [-0.39, 0.29) is 0 Å². The average Bonchev–Trinajstić information content (AvgIpc) is 2.99. The van der Waals surface area contributed by atoms with Crippen molar-refractivity contribution in [3.8, 4) is 0 Å². The van der Waals surface area contributed by atoms with E-state index >= 15 is 0 Å².